The first kappa shape index (κ1) is 52.1. The summed E-state index contributed by atoms with van der Waals surface area (Å²) in [5.41, 5.74) is 0. The number of amides is 2. The lowest BCUT2D eigenvalue weighted by Gasteiger charge is -2.15. The van der Waals surface area contributed by atoms with Crippen LogP contribution in [-0.4, -0.2) is 59.3 Å². The summed E-state index contributed by atoms with van der Waals surface area (Å²) in [5.74, 6) is -2.42. The second kappa shape index (κ2) is 40.7. The van der Waals surface area contributed by atoms with Crippen molar-refractivity contribution < 1.29 is 34.1 Å². The van der Waals surface area contributed by atoms with Gasteiger partial charge in [-0.1, -0.05) is 160 Å². The molecule has 0 spiro atoms. The molecule has 318 valence electrons. The van der Waals surface area contributed by atoms with Crippen molar-refractivity contribution in [2.45, 2.75) is 219 Å². The van der Waals surface area contributed by atoms with Crippen LogP contribution < -0.4 is 10.6 Å². The zero-order chi connectivity index (χ0) is 40.5. The molecule has 4 N–H and O–H groups in total. The third kappa shape index (κ3) is 37.7. The second-order valence-corrected chi connectivity index (χ2v) is 15.1. The van der Waals surface area contributed by atoms with Crippen molar-refractivity contribution >= 4 is 23.8 Å². The third-order valence-corrected chi connectivity index (χ3v) is 9.84. The summed E-state index contributed by atoms with van der Waals surface area (Å²) >= 11 is 0. The molecule has 0 aliphatic heterocycles. The van der Waals surface area contributed by atoms with Crippen molar-refractivity contribution in [2.24, 2.45) is 0 Å². The fraction of sp³-hybridized carbons (Fsp3) is 0.783. The molecule has 2 unspecified atom stereocenters. The van der Waals surface area contributed by atoms with Crippen molar-refractivity contribution in [1.82, 2.24) is 10.6 Å². The molecule has 0 fully saturated rings. The van der Waals surface area contributed by atoms with Crippen molar-refractivity contribution in [1.29, 1.82) is 0 Å². The largest absolute Gasteiger partial charge is 0.480 e. The van der Waals surface area contributed by atoms with Gasteiger partial charge in [-0.25, -0.2) is 4.79 Å². The van der Waals surface area contributed by atoms with E-state index in [0.29, 0.717) is 12.8 Å². The molecular weight excluding hydrogens is 693 g/mol. The SMILES string of the molecule is CCCC/C=C\C/C=C\C(CCCCCCC(=O)NCC(=O)NC(CO)C(=O)O)OC(=O)CCCCCCCCCCC/C=C\CCCCCCCCCC. The van der Waals surface area contributed by atoms with Gasteiger partial charge in [-0.05, 0) is 70.3 Å². The second-order valence-electron chi connectivity index (χ2n) is 15.1. The van der Waals surface area contributed by atoms with Gasteiger partial charge in [0.15, 0.2) is 0 Å². The summed E-state index contributed by atoms with van der Waals surface area (Å²) in [7, 11) is 0. The van der Waals surface area contributed by atoms with Crippen LogP contribution in [0.2, 0.25) is 0 Å². The highest BCUT2D eigenvalue weighted by Gasteiger charge is 2.18. The van der Waals surface area contributed by atoms with Gasteiger partial charge in [-0.15, -0.1) is 0 Å². The maximum atomic E-state index is 12.7. The van der Waals surface area contributed by atoms with E-state index in [2.05, 4.69) is 54.9 Å². The van der Waals surface area contributed by atoms with Crippen molar-refractivity contribution in [3.8, 4) is 0 Å². The van der Waals surface area contributed by atoms with Crippen molar-refractivity contribution in [3.63, 3.8) is 0 Å². The maximum absolute atomic E-state index is 12.7. The highest BCUT2D eigenvalue weighted by Crippen LogP contribution is 2.16. The van der Waals surface area contributed by atoms with Crippen LogP contribution in [-0.2, 0) is 23.9 Å². The van der Waals surface area contributed by atoms with E-state index in [1.54, 1.807) is 0 Å². The van der Waals surface area contributed by atoms with E-state index in [1.165, 1.54) is 122 Å². The van der Waals surface area contributed by atoms with E-state index in [9.17, 15) is 19.2 Å². The number of esters is 1. The van der Waals surface area contributed by atoms with Crippen LogP contribution in [0.4, 0.5) is 0 Å². The third-order valence-electron chi connectivity index (χ3n) is 9.84. The van der Waals surface area contributed by atoms with E-state index < -0.39 is 24.5 Å². The number of rotatable bonds is 40. The van der Waals surface area contributed by atoms with E-state index in [4.69, 9.17) is 14.9 Å². The van der Waals surface area contributed by atoms with Gasteiger partial charge in [0.05, 0.1) is 13.2 Å². The number of ether oxygens (including phenoxy) is 1. The van der Waals surface area contributed by atoms with Crippen LogP contribution in [0.3, 0.4) is 0 Å². The van der Waals surface area contributed by atoms with Crippen LogP contribution in [0.5, 0.6) is 0 Å². The van der Waals surface area contributed by atoms with E-state index in [-0.39, 0.29) is 30.9 Å². The summed E-state index contributed by atoms with van der Waals surface area (Å²) in [5, 5.41) is 22.5. The monoisotopic (exact) mass is 775 g/mol. The number of allylic oxidation sites excluding steroid dienone is 5. The first-order valence-electron chi connectivity index (χ1n) is 22.4. The molecule has 9 nitrogen and oxygen atoms in total. The Bertz CT molecular complexity index is 1030. The Labute approximate surface area is 336 Å². The zero-order valence-electron chi connectivity index (χ0n) is 35.2. The fourth-order valence-electron chi connectivity index (χ4n) is 6.35. The number of carboxylic acid groups (broad SMARTS) is 1. The van der Waals surface area contributed by atoms with Gasteiger partial charge in [0.2, 0.25) is 11.8 Å². The minimum Gasteiger partial charge on any atom is -0.480 e. The molecule has 0 aromatic heterocycles. The molecule has 0 aromatic rings. The molecule has 0 saturated heterocycles. The van der Waals surface area contributed by atoms with E-state index in [0.717, 1.165) is 51.4 Å². The molecule has 9 heteroatoms. The molecule has 55 heavy (non-hydrogen) atoms. The Hall–Kier alpha value is -2.94. The number of nitrogens with one attached hydrogen (secondary N) is 2. The summed E-state index contributed by atoms with van der Waals surface area (Å²) in [6.45, 7) is 3.40. The first-order chi connectivity index (χ1) is 26.8. The maximum Gasteiger partial charge on any atom is 0.328 e. The minimum atomic E-state index is -1.39. The zero-order valence-corrected chi connectivity index (χ0v) is 35.2. The lowest BCUT2D eigenvalue weighted by molar-refractivity contribution is -0.147. The molecule has 2 amide bonds. The quantitative estimate of drug-likeness (QED) is 0.0276. The van der Waals surface area contributed by atoms with Crippen LogP contribution in [0.15, 0.2) is 36.5 Å². The summed E-state index contributed by atoms with van der Waals surface area (Å²) in [6, 6.07) is -1.39. The summed E-state index contributed by atoms with van der Waals surface area (Å²) in [6.07, 6.45) is 46.4. The number of aliphatic hydroxyl groups is 1. The number of hydrogen-bond donors (Lipinski definition) is 4. The van der Waals surface area contributed by atoms with Crippen LogP contribution in [0.1, 0.15) is 206 Å². The summed E-state index contributed by atoms with van der Waals surface area (Å²) < 4.78 is 5.88. The molecule has 0 rings (SSSR count). The molecule has 0 aliphatic carbocycles. The van der Waals surface area contributed by atoms with Crippen molar-refractivity contribution in [3.05, 3.63) is 36.5 Å². The average Bonchev–Trinajstić information content (AvgIpc) is 3.17. The lowest BCUT2D eigenvalue weighted by atomic mass is 10.0. The fourth-order valence-corrected chi connectivity index (χ4v) is 6.35. The standard InChI is InChI=1S/C46H82N2O7/c1-3-5-7-9-11-12-13-14-15-16-17-18-19-20-21-22-23-24-26-28-34-38-45(52)55-41(35-31-27-25-10-8-6-4-2)36-32-29-30-33-37-43(50)47-39-44(51)48-42(40-49)46(53)54/h10,16-17,25,31,35,41-42,49H,3-9,11-15,18-24,26-30,32-34,36-40H2,1-2H3,(H,47,50)(H,48,51)(H,53,54)/b17-16-,25-10-,35-31-. The van der Waals surface area contributed by atoms with Gasteiger partial charge >= 0.3 is 11.9 Å². The molecule has 0 aliphatic rings. The van der Waals surface area contributed by atoms with Gasteiger partial charge in [-0.3, -0.25) is 14.4 Å². The van der Waals surface area contributed by atoms with Crippen molar-refractivity contribution in [2.75, 3.05) is 13.2 Å². The number of unbranched alkanes of at least 4 members (excludes halogenated alkanes) is 22. The number of carbonyl (C=O) groups is 4. The normalized spacial score (nSPS) is 12.8. The van der Waals surface area contributed by atoms with Gasteiger partial charge in [0, 0.05) is 12.8 Å². The molecule has 0 bridgehead atoms. The van der Waals surface area contributed by atoms with Gasteiger partial charge in [-0.2, -0.15) is 0 Å². The molecule has 0 radical (unpaired) electrons. The lowest BCUT2D eigenvalue weighted by Crippen LogP contribution is -2.47. The van der Waals surface area contributed by atoms with Crippen LogP contribution in [0.25, 0.3) is 0 Å². The molecule has 2 atom stereocenters. The topological polar surface area (TPSA) is 142 Å². The predicted molar refractivity (Wildman–Crippen MR) is 227 cm³/mol. The summed E-state index contributed by atoms with van der Waals surface area (Å²) in [4.78, 5) is 47.5. The smallest absolute Gasteiger partial charge is 0.328 e. The highest BCUT2D eigenvalue weighted by atomic mass is 16.5. The van der Waals surface area contributed by atoms with E-state index in [1.807, 2.05) is 6.08 Å². The first-order valence-corrected chi connectivity index (χ1v) is 22.4. The average molecular weight is 775 g/mol. The molecule has 0 heterocycles. The van der Waals surface area contributed by atoms with Gasteiger partial charge in [0.1, 0.15) is 12.1 Å². The Morgan fingerprint density at radius 3 is 1.62 bits per heavy atom. The van der Waals surface area contributed by atoms with Gasteiger partial charge < -0.3 is 25.6 Å². The Kier molecular flexibility index (Phi) is 38.5. The Balaban J connectivity index is 4.12. The molecular formula is C46H82N2O7. The number of carbonyl (C=O) groups excluding carboxylic acids is 3. The highest BCUT2D eigenvalue weighted by molar-refractivity contribution is 5.87. The number of carboxylic acids is 1. The van der Waals surface area contributed by atoms with Gasteiger partial charge in [0.25, 0.3) is 0 Å². The Morgan fingerprint density at radius 2 is 1.05 bits per heavy atom. The predicted octanol–water partition coefficient (Wildman–Crippen LogP) is 11.0. The number of hydrogen-bond acceptors (Lipinski definition) is 6. The minimum absolute atomic E-state index is 0.130. The van der Waals surface area contributed by atoms with Crippen LogP contribution in [0, 0.1) is 0 Å². The molecule has 0 aromatic carbocycles. The number of aliphatic carboxylic acids is 1. The van der Waals surface area contributed by atoms with E-state index >= 15 is 0 Å². The Morgan fingerprint density at radius 1 is 0.564 bits per heavy atom. The van der Waals surface area contributed by atoms with Crippen LogP contribution >= 0.6 is 0 Å². The number of aliphatic hydroxyl groups excluding tert-OH is 1. The molecule has 0 saturated carbocycles.